The Balaban J connectivity index is 1.87. The first-order valence-corrected chi connectivity index (χ1v) is 9.16. The predicted octanol–water partition coefficient (Wildman–Crippen LogP) is 1.54. The summed E-state index contributed by atoms with van der Waals surface area (Å²) in [7, 11) is 0. The van der Waals surface area contributed by atoms with Crippen molar-refractivity contribution in [1.29, 1.82) is 0 Å². The van der Waals surface area contributed by atoms with Gasteiger partial charge in [0.15, 0.2) is 0 Å². The summed E-state index contributed by atoms with van der Waals surface area (Å²) < 4.78 is 5.38. The average molecular weight is 353 g/mol. The Morgan fingerprint density at radius 1 is 1.38 bits per heavy atom. The SMILES string of the molecule is CC(=O)N[C@H](CC(=O)NCC(C)(C)N1CCOCC1)c1cccs1. The molecule has 1 aliphatic heterocycles. The summed E-state index contributed by atoms with van der Waals surface area (Å²) in [5, 5.41) is 7.82. The summed E-state index contributed by atoms with van der Waals surface area (Å²) in [6.45, 7) is 9.54. The van der Waals surface area contributed by atoms with E-state index < -0.39 is 0 Å². The number of nitrogens with one attached hydrogen (secondary N) is 2. The van der Waals surface area contributed by atoms with Crippen LogP contribution < -0.4 is 10.6 Å². The van der Waals surface area contributed by atoms with Crippen LogP contribution in [-0.4, -0.2) is 55.1 Å². The normalized spacial score (nSPS) is 17.3. The molecule has 2 amide bonds. The lowest BCUT2D eigenvalue weighted by molar-refractivity contribution is -0.123. The molecule has 0 saturated carbocycles. The molecule has 1 aromatic heterocycles. The lowest BCUT2D eigenvalue weighted by Crippen LogP contribution is -2.55. The van der Waals surface area contributed by atoms with Crippen molar-refractivity contribution < 1.29 is 14.3 Å². The van der Waals surface area contributed by atoms with Crippen molar-refractivity contribution >= 4 is 23.2 Å². The standard InChI is InChI=1S/C17H27N3O3S/c1-13(21)19-14(15-5-4-10-24-15)11-16(22)18-12-17(2,3)20-6-8-23-9-7-20/h4-5,10,14H,6-9,11-12H2,1-3H3,(H,18,22)(H,19,21)/t14-/m1/s1. The Kier molecular flexibility index (Phi) is 6.77. The lowest BCUT2D eigenvalue weighted by atomic mass is 10.0. The number of hydrogen-bond donors (Lipinski definition) is 2. The maximum absolute atomic E-state index is 12.4. The predicted molar refractivity (Wildman–Crippen MR) is 95.0 cm³/mol. The van der Waals surface area contributed by atoms with Gasteiger partial charge in [-0.2, -0.15) is 0 Å². The first-order valence-electron chi connectivity index (χ1n) is 8.28. The molecule has 0 aromatic carbocycles. The molecule has 0 radical (unpaired) electrons. The van der Waals surface area contributed by atoms with E-state index in [0.29, 0.717) is 6.54 Å². The monoisotopic (exact) mass is 353 g/mol. The zero-order valence-electron chi connectivity index (χ0n) is 14.6. The molecule has 1 fully saturated rings. The highest BCUT2D eigenvalue weighted by Crippen LogP contribution is 2.22. The molecule has 1 atom stereocenters. The third-order valence-electron chi connectivity index (χ3n) is 4.24. The third-order valence-corrected chi connectivity index (χ3v) is 5.22. The van der Waals surface area contributed by atoms with Crippen molar-refractivity contribution in [2.75, 3.05) is 32.8 Å². The van der Waals surface area contributed by atoms with Crippen molar-refractivity contribution in [2.24, 2.45) is 0 Å². The first kappa shape index (κ1) is 18.9. The molecule has 1 aliphatic rings. The van der Waals surface area contributed by atoms with Crippen molar-refractivity contribution in [3.63, 3.8) is 0 Å². The minimum absolute atomic E-state index is 0.0523. The summed E-state index contributed by atoms with van der Waals surface area (Å²) >= 11 is 1.54. The van der Waals surface area contributed by atoms with E-state index in [0.717, 1.165) is 31.2 Å². The maximum atomic E-state index is 12.4. The quantitative estimate of drug-likeness (QED) is 0.780. The van der Waals surface area contributed by atoms with Crippen LogP contribution in [0.4, 0.5) is 0 Å². The zero-order valence-corrected chi connectivity index (χ0v) is 15.4. The van der Waals surface area contributed by atoms with E-state index in [1.165, 1.54) is 6.92 Å². The van der Waals surface area contributed by atoms with Gasteiger partial charge < -0.3 is 15.4 Å². The Morgan fingerprint density at radius 3 is 2.67 bits per heavy atom. The number of amides is 2. The number of carbonyl (C=O) groups is 2. The fourth-order valence-corrected chi connectivity index (χ4v) is 3.59. The second-order valence-electron chi connectivity index (χ2n) is 6.66. The van der Waals surface area contributed by atoms with E-state index in [1.54, 1.807) is 11.3 Å². The van der Waals surface area contributed by atoms with Gasteiger partial charge in [0.25, 0.3) is 0 Å². The van der Waals surface area contributed by atoms with E-state index in [1.807, 2.05) is 17.5 Å². The molecule has 0 bridgehead atoms. The van der Waals surface area contributed by atoms with Gasteiger partial charge in [-0.15, -0.1) is 11.3 Å². The Bertz CT molecular complexity index is 539. The molecule has 0 unspecified atom stereocenters. The van der Waals surface area contributed by atoms with Gasteiger partial charge in [-0.3, -0.25) is 14.5 Å². The molecule has 2 heterocycles. The number of hydrogen-bond acceptors (Lipinski definition) is 5. The maximum Gasteiger partial charge on any atom is 0.222 e. The van der Waals surface area contributed by atoms with E-state index in [-0.39, 0.29) is 29.8 Å². The molecule has 6 nitrogen and oxygen atoms in total. The number of carbonyl (C=O) groups excluding carboxylic acids is 2. The molecule has 1 saturated heterocycles. The molecule has 0 aliphatic carbocycles. The van der Waals surface area contributed by atoms with E-state index >= 15 is 0 Å². The second kappa shape index (κ2) is 8.60. The van der Waals surface area contributed by atoms with Crippen LogP contribution in [0.5, 0.6) is 0 Å². The van der Waals surface area contributed by atoms with Gasteiger partial charge in [-0.25, -0.2) is 0 Å². The Hall–Kier alpha value is -1.44. The number of morpholine rings is 1. The molecule has 2 rings (SSSR count). The smallest absolute Gasteiger partial charge is 0.222 e. The second-order valence-corrected chi connectivity index (χ2v) is 7.64. The summed E-state index contributed by atoms with van der Waals surface area (Å²) in [5.41, 5.74) is -0.119. The summed E-state index contributed by atoms with van der Waals surface area (Å²) in [4.78, 5) is 27.1. The molecule has 1 aromatic rings. The van der Waals surface area contributed by atoms with Crippen LogP contribution in [0.15, 0.2) is 17.5 Å². The zero-order chi connectivity index (χ0) is 17.6. The van der Waals surface area contributed by atoms with E-state index in [4.69, 9.17) is 4.74 Å². The van der Waals surface area contributed by atoms with Crippen LogP contribution in [0.25, 0.3) is 0 Å². The van der Waals surface area contributed by atoms with Gasteiger partial charge in [0.05, 0.1) is 25.7 Å². The van der Waals surface area contributed by atoms with Gasteiger partial charge in [0.2, 0.25) is 11.8 Å². The first-order chi connectivity index (χ1) is 11.4. The van der Waals surface area contributed by atoms with Gasteiger partial charge >= 0.3 is 0 Å². The number of nitrogens with zero attached hydrogens (tertiary/aromatic N) is 1. The van der Waals surface area contributed by atoms with Crippen molar-refractivity contribution in [3.05, 3.63) is 22.4 Å². The molecule has 2 N–H and O–H groups in total. The Labute approximate surface area is 147 Å². The van der Waals surface area contributed by atoms with Crippen LogP contribution in [0, 0.1) is 0 Å². The molecular weight excluding hydrogens is 326 g/mol. The number of thiophene rings is 1. The van der Waals surface area contributed by atoms with Crippen LogP contribution in [0.2, 0.25) is 0 Å². The van der Waals surface area contributed by atoms with Gasteiger partial charge in [0, 0.05) is 37.0 Å². The third kappa shape index (κ3) is 5.58. The number of ether oxygens (including phenoxy) is 1. The average Bonchev–Trinajstić information content (AvgIpc) is 3.07. The van der Waals surface area contributed by atoms with Gasteiger partial charge in [0.1, 0.15) is 0 Å². The minimum atomic E-state index is -0.269. The highest BCUT2D eigenvalue weighted by atomic mass is 32.1. The highest BCUT2D eigenvalue weighted by Gasteiger charge is 2.29. The molecular formula is C17H27N3O3S. The van der Waals surface area contributed by atoms with Gasteiger partial charge in [-0.05, 0) is 25.3 Å². The van der Waals surface area contributed by atoms with Gasteiger partial charge in [-0.1, -0.05) is 6.07 Å². The highest BCUT2D eigenvalue weighted by molar-refractivity contribution is 7.10. The largest absolute Gasteiger partial charge is 0.379 e. The van der Waals surface area contributed by atoms with Crippen molar-refractivity contribution in [3.8, 4) is 0 Å². The van der Waals surface area contributed by atoms with Crippen LogP contribution >= 0.6 is 11.3 Å². The fraction of sp³-hybridized carbons (Fsp3) is 0.647. The summed E-state index contributed by atoms with van der Waals surface area (Å²) in [6, 6.07) is 3.60. The molecule has 24 heavy (non-hydrogen) atoms. The molecule has 134 valence electrons. The van der Waals surface area contributed by atoms with Crippen LogP contribution in [-0.2, 0) is 14.3 Å². The van der Waals surface area contributed by atoms with Crippen molar-refractivity contribution in [1.82, 2.24) is 15.5 Å². The fourth-order valence-electron chi connectivity index (χ4n) is 2.81. The molecule has 7 heteroatoms. The van der Waals surface area contributed by atoms with E-state index in [2.05, 4.69) is 29.4 Å². The van der Waals surface area contributed by atoms with E-state index in [9.17, 15) is 9.59 Å². The minimum Gasteiger partial charge on any atom is -0.379 e. The van der Waals surface area contributed by atoms with Crippen LogP contribution in [0.1, 0.15) is 38.1 Å². The lowest BCUT2D eigenvalue weighted by Gasteiger charge is -2.40. The summed E-state index contributed by atoms with van der Waals surface area (Å²) in [6.07, 6.45) is 0.249. The Morgan fingerprint density at radius 2 is 2.08 bits per heavy atom. The molecule has 0 spiro atoms. The topological polar surface area (TPSA) is 70.7 Å². The van der Waals surface area contributed by atoms with Crippen molar-refractivity contribution in [2.45, 2.75) is 38.8 Å². The summed E-state index contributed by atoms with van der Waals surface area (Å²) in [5.74, 6) is -0.182. The number of rotatable bonds is 7. The van der Waals surface area contributed by atoms with Crippen LogP contribution in [0.3, 0.4) is 0 Å².